The standard InChI is InChI=1S/C31H38N4O2/c36-28-30(26-11-8-16-32-27(26)34-28)21-24-13-12-23(20-25(24)22-30)10-9-19-35-18-7-3-1-2-6-17-33-31(29(35)37)14-4-5-15-31/h8-13,16,20,33H,1-7,14-15,17-19,21-22H2,(H,32,34,36)/b10-9+/t30-/m1/s1. The molecule has 2 spiro atoms. The van der Waals surface area contributed by atoms with Crippen molar-refractivity contribution in [3.63, 3.8) is 0 Å². The van der Waals surface area contributed by atoms with Gasteiger partial charge in [-0.05, 0) is 67.8 Å². The molecule has 1 atom stereocenters. The Hall–Kier alpha value is -2.99. The molecule has 194 valence electrons. The Morgan fingerprint density at radius 2 is 1.76 bits per heavy atom. The van der Waals surface area contributed by atoms with Crippen LogP contribution in [0.15, 0.2) is 42.6 Å². The van der Waals surface area contributed by atoms with Crippen LogP contribution in [0.25, 0.3) is 6.08 Å². The minimum absolute atomic E-state index is 0.0575. The number of rotatable bonds is 3. The minimum atomic E-state index is -0.538. The molecule has 1 aromatic heterocycles. The number of nitrogens with one attached hydrogen (secondary N) is 2. The van der Waals surface area contributed by atoms with Crippen molar-refractivity contribution < 1.29 is 9.59 Å². The van der Waals surface area contributed by atoms with Gasteiger partial charge in [0.2, 0.25) is 11.8 Å². The zero-order valence-electron chi connectivity index (χ0n) is 21.7. The fourth-order valence-electron chi connectivity index (χ4n) is 7.02. The van der Waals surface area contributed by atoms with Crippen molar-refractivity contribution >= 4 is 23.7 Å². The number of pyridine rings is 1. The van der Waals surface area contributed by atoms with E-state index in [2.05, 4.69) is 50.9 Å². The predicted molar refractivity (Wildman–Crippen MR) is 146 cm³/mol. The summed E-state index contributed by atoms with van der Waals surface area (Å²) in [4.78, 5) is 33.2. The fourth-order valence-corrected chi connectivity index (χ4v) is 7.02. The predicted octanol–water partition coefficient (Wildman–Crippen LogP) is 4.78. The Morgan fingerprint density at radius 1 is 0.946 bits per heavy atom. The van der Waals surface area contributed by atoms with Crippen LogP contribution in [-0.4, -0.2) is 46.9 Å². The molecule has 6 nitrogen and oxygen atoms in total. The van der Waals surface area contributed by atoms with Crippen molar-refractivity contribution in [2.24, 2.45) is 0 Å². The van der Waals surface area contributed by atoms with Crippen LogP contribution in [0.4, 0.5) is 5.82 Å². The average molecular weight is 499 g/mol. The molecule has 6 heteroatoms. The monoisotopic (exact) mass is 498 g/mol. The first-order valence-electron chi connectivity index (χ1n) is 14.2. The molecule has 2 N–H and O–H groups in total. The van der Waals surface area contributed by atoms with Gasteiger partial charge >= 0.3 is 0 Å². The van der Waals surface area contributed by atoms with Crippen molar-refractivity contribution in [2.75, 3.05) is 25.0 Å². The summed E-state index contributed by atoms with van der Waals surface area (Å²) in [5, 5.41) is 6.68. The number of hydrogen-bond donors (Lipinski definition) is 2. The molecule has 2 fully saturated rings. The molecule has 3 heterocycles. The van der Waals surface area contributed by atoms with E-state index in [0.717, 1.165) is 62.7 Å². The van der Waals surface area contributed by atoms with Gasteiger partial charge in [0.1, 0.15) is 5.82 Å². The first-order valence-corrected chi connectivity index (χ1v) is 14.2. The van der Waals surface area contributed by atoms with Crippen LogP contribution in [0, 0.1) is 0 Å². The molecule has 1 aromatic carbocycles. The second kappa shape index (κ2) is 10.1. The van der Waals surface area contributed by atoms with Crippen molar-refractivity contribution in [1.82, 2.24) is 15.2 Å². The molecule has 2 aliphatic carbocycles. The molecule has 0 radical (unpaired) electrons. The summed E-state index contributed by atoms with van der Waals surface area (Å²) in [5.74, 6) is 1.06. The summed E-state index contributed by atoms with van der Waals surface area (Å²) in [5.41, 5.74) is 3.71. The lowest BCUT2D eigenvalue weighted by molar-refractivity contribution is -0.137. The normalized spacial score (nSPS) is 25.5. The van der Waals surface area contributed by atoms with Crippen LogP contribution < -0.4 is 10.6 Å². The highest BCUT2D eigenvalue weighted by Gasteiger charge is 2.51. The first-order chi connectivity index (χ1) is 18.1. The third-order valence-corrected chi connectivity index (χ3v) is 9.06. The quantitative estimate of drug-likeness (QED) is 0.639. The van der Waals surface area contributed by atoms with E-state index in [1.165, 1.54) is 30.4 Å². The van der Waals surface area contributed by atoms with Crippen LogP contribution in [-0.2, 0) is 27.8 Å². The summed E-state index contributed by atoms with van der Waals surface area (Å²) in [7, 11) is 0. The van der Waals surface area contributed by atoms with E-state index in [4.69, 9.17) is 0 Å². The third kappa shape index (κ3) is 4.50. The van der Waals surface area contributed by atoms with Gasteiger partial charge in [0.25, 0.3) is 0 Å². The molecular formula is C31H38N4O2. The molecule has 4 aliphatic rings. The molecule has 6 rings (SSSR count). The van der Waals surface area contributed by atoms with E-state index in [0.29, 0.717) is 31.1 Å². The molecule has 37 heavy (non-hydrogen) atoms. The number of anilines is 1. The molecule has 2 aromatic rings. The Bertz CT molecular complexity index is 1220. The average Bonchev–Trinajstić information content (AvgIpc) is 3.60. The smallest absolute Gasteiger partial charge is 0.243 e. The first kappa shape index (κ1) is 24.4. The van der Waals surface area contributed by atoms with Gasteiger partial charge in [-0.3, -0.25) is 9.59 Å². The van der Waals surface area contributed by atoms with Gasteiger partial charge in [0, 0.05) is 24.8 Å². The highest BCUT2D eigenvalue weighted by molar-refractivity contribution is 6.06. The van der Waals surface area contributed by atoms with Crippen LogP contribution in [0.2, 0.25) is 0 Å². The summed E-state index contributed by atoms with van der Waals surface area (Å²) in [6.07, 6.45) is 17.6. The third-order valence-electron chi connectivity index (χ3n) is 9.06. The van der Waals surface area contributed by atoms with Gasteiger partial charge in [-0.25, -0.2) is 4.98 Å². The molecule has 2 aliphatic heterocycles. The number of aromatic nitrogens is 1. The number of hydrogen-bond acceptors (Lipinski definition) is 4. The molecular weight excluding hydrogens is 460 g/mol. The van der Waals surface area contributed by atoms with Crippen molar-refractivity contribution in [2.45, 2.75) is 81.6 Å². The van der Waals surface area contributed by atoms with Gasteiger partial charge in [-0.15, -0.1) is 0 Å². The number of amides is 2. The second-order valence-corrected chi connectivity index (χ2v) is 11.5. The largest absolute Gasteiger partial charge is 0.337 e. The van der Waals surface area contributed by atoms with Gasteiger partial charge in [0.15, 0.2) is 0 Å². The number of benzene rings is 1. The van der Waals surface area contributed by atoms with Crippen LogP contribution in [0.5, 0.6) is 0 Å². The molecule has 0 unspecified atom stereocenters. The lowest BCUT2D eigenvalue weighted by atomic mass is 9.79. The van der Waals surface area contributed by atoms with E-state index >= 15 is 0 Å². The molecule has 0 bridgehead atoms. The van der Waals surface area contributed by atoms with E-state index < -0.39 is 5.41 Å². The van der Waals surface area contributed by atoms with Gasteiger partial charge in [-0.1, -0.05) is 68.5 Å². The molecule has 2 amide bonds. The minimum Gasteiger partial charge on any atom is -0.337 e. The van der Waals surface area contributed by atoms with Crippen LogP contribution in [0.3, 0.4) is 0 Å². The Kier molecular flexibility index (Phi) is 6.62. The van der Waals surface area contributed by atoms with Gasteiger partial charge < -0.3 is 15.5 Å². The maximum Gasteiger partial charge on any atom is 0.243 e. The topological polar surface area (TPSA) is 74.3 Å². The maximum atomic E-state index is 13.8. The maximum absolute atomic E-state index is 13.8. The van der Waals surface area contributed by atoms with E-state index in [1.54, 1.807) is 6.20 Å². The lowest BCUT2D eigenvalue weighted by Gasteiger charge is -2.35. The number of carbonyl (C=O) groups excluding carboxylic acids is 2. The van der Waals surface area contributed by atoms with Crippen LogP contribution >= 0.6 is 0 Å². The molecule has 1 saturated heterocycles. The van der Waals surface area contributed by atoms with Crippen molar-refractivity contribution in [3.05, 3.63) is 64.9 Å². The zero-order chi connectivity index (χ0) is 25.3. The van der Waals surface area contributed by atoms with Gasteiger partial charge in [-0.2, -0.15) is 0 Å². The summed E-state index contributed by atoms with van der Waals surface area (Å²) < 4.78 is 0. The highest BCUT2D eigenvalue weighted by atomic mass is 16.2. The number of carbonyl (C=O) groups is 2. The summed E-state index contributed by atoms with van der Waals surface area (Å²) >= 11 is 0. The summed E-state index contributed by atoms with van der Waals surface area (Å²) in [6.45, 7) is 2.43. The number of nitrogens with zero attached hydrogens (tertiary/aromatic N) is 2. The Morgan fingerprint density at radius 3 is 2.65 bits per heavy atom. The Labute approximate surface area is 219 Å². The molecule has 1 saturated carbocycles. The van der Waals surface area contributed by atoms with E-state index in [9.17, 15) is 9.59 Å². The lowest BCUT2D eigenvalue weighted by Crippen LogP contribution is -2.56. The second-order valence-electron chi connectivity index (χ2n) is 11.5. The number of fused-ring (bicyclic) bond motifs is 3. The van der Waals surface area contributed by atoms with Crippen molar-refractivity contribution in [1.29, 1.82) is 0 Å². The zero-order valence-corrected chi connectivity index (χ0v) is 21.7. The summed E-state index contributed by atoms with van der Waals surface area (Å²) in [6, 6.07) is 10.5. The van der Waals surface area contributed by atoms with Gasteiger partial charge in [0.05, 0.1) is 11.0 Å². The van der Waals surface area contributed by atoms with Crippen LogP contribution in [0.1, 0.15) is 80.0 Å². The Balaban J connectivity index is 1.17. The highest BCUT2D eigenvalue weighted by Crippen LogP contribution is 2.46. The fraction of sp³-hybridized carbons (Fsp3) is 0.516. The van der Waals surface area contributed by atoms with E-state index in [1.807, 2.05) is 12.1 Å². The van der Waals surface area contributed by atoms with Crippen molar-refractivity contribution in [3.8, 4) is 0 Å². The SMILES string of the molecule is O=C1N(C/C=C/c2ccc3c(c2)C[C@@]2(C3)C(=O)Nc3ncccc32)CCCCCCCNC12CCCC2. The van der Waals surface area contributed by atoms with E-state index in [-0.39, 0.29) is 11.4 Å².